The van der Waals surface area contributed by atoms with E-state index in [0.29, 0.717) is 5.56 Å². The minimum absolute atomic E-state index is 0.0151. The maximum atomic E-state index is 15.4. The lowest BCUT2D eigenvalue weighted by Crippen LogP contribution is -2.57. The molecule has 1 N–H and O–H groups in total. The van der Waals surface area contributed by atoms with Gasteiger partial charge in [-0.25, -0.2) is 13.8 Å². The number of nitrogens with zero attached hydrogens (tertiary/aromatic N) is 4. The van der Waals surface area contributed by atoms with Crippen molar-refractivity contribution in [2.45, 2.75) is 71.5 Å². The van der Waals surface area contributed by atoms with E-state index in [-0.39, 0.29) is 23.4 Å². The number of aromatic nitrogens is 2. The highest BCUT2D eigenvalue weighted by Crippen LogP contribution is 2.42. The van der Waals surface area contributed by atoms with Gasteiger partial charge in [-0.1, -0.05) is 20.8 Å². The molecule has 39 heavy (non-hydrogen) atoms. The molecule has 208 valence electrons. The Balaban J connectivity index is 2.02. The Morgan fingerprint density at radius 1 is 1.23 bits per heavy atom. The van der Waals surface area contributed by atoms with Crippen LogP contribution >= 0.6 is 0 Å². The first-order valence-corrected chi connectivity index (χ1v) is 11.8. The van der Waals surface area contributed by atoms with Crippen LogP contribution in [0.15, 0.2) is 29.4 Å². The highest BCUT2D eigenvalue weighted by atomic mass is 19.4. The van der Waals surface area contributed by atoms with Crippen LogP contribution < -0.4 is 5.32 Å². The van der Waals surface area contributed by atoms with Gasteiger partial charge in [0.05, 0.1) is 12.0 Å². The molecule has 8 nitrogen and oxygen atoms in total. The highest BCUT2D eigenvalue weighted by Gasteiger charge is 2.59. The molecular weight excluding hydrogens is 525 g/mol. The zero-order valence-corrected chi connectivity index (χ0v) is 21.8. The lowest BCUT2D eigenvalue weighted by atomic mass is 9.86. The molecule has 1 aliphatic rings. The first kappa shape index (κ1) is 29.6. The molecule has 0 fully saturated rings. The summed E-state index contributed by atoms with van der Waals surface area (Å²) in [5.74, 6) is -2.47. The number of carbonyl (C=O) groups is 2. The summed E-state index contributed by atoms with van der Waals surface area (Å²) < 4.78 is 76.3. The van der Waals surface area contributed by atoms with Crippen LogP contribution in [0.4, 0.5) is 22.0 Å². The number of Topliss-reactive ketones (excluding diaryl/α,β-unsaturated/α-hetero) is 1. The summed E-state index contributed by atoms with van der Waals surface area (Å²) >= 11 is 0. The molecular formula is C26H26F5N5O3. The van der Waals surface area contributed by atoms with Crippen LogP contribution in [0.25, 0.3) is 0 Å². The second kappa shape index (κ2) is 10.7. The zero-order chi connectivity index (χ0) is 29.3. The average molecular weight is 552 g/mol. The van der Waals surface area contributed by atoms with Crippen molar-refractivity contribution in [2.24, 2.45) is 10.4 Å². The quantitative estimate of drug-likeness (QED) is 0.427. The molecule has 0 spiro atoms. The molecule has 1 amide bonds. The highest BCUT2D eigenvalue weighted by molar-refractivity contribution is 5.97. The Morgan fingerprint density at radius 2 is 1.90 bits per heavy atom. The number of nitrogens with one attached hydrogen (secondary N) is 1. The number of halogens is 5. The number of ether oxygens (including phenoxy) is 1. The van der Waals surface area contributed by atoms with Gasteiger partial charge < -0.3 is 4.74 Å². The van der Waals surface area contributed by atoms with E-state index in [9.17, 15) is 27.2 Å². The van der Waals surface area contributed by atoms with Crippen LogP contribution in [0.1, 0.15) is 67.1 Å². The number of aryl methyl sites for hydroxylation is 1. The molecule has 0 saturated carbocycles. The van der Waals surface area contributed by atoms with Crippen LogP contribution in [0.2, 0.25) is 0 Å². The zero-order valence-electron chi connectivity index (χ0n) is 21.8. The fourth-order valence-corrected chi connectivity index (χ4v) is 4.00. The minimum Gasteiger partial charge on any atom is -0.449 e. The fourth-order valence-electron chi connectivity index (χ4n) is 4.00. The first-order valence-electron chi connectivity index (χ1n) is 11.8. The normalized spacial score (nSPS) is 21.4. The topological polar surface area (TPSA) is 117 Å². The van der Waals surface area contributed by atoms with Crippen LogP contribution in [-0.2, 0) is 21.5 Å². The summed E-state index contributed by atoms with van der Waals surface area (Å²) in [5, 5.41) is 11.1. The number of hydrogen-bond acceptors (Lipinski definition) is 7. The molecule has 13 heteroatoms. The van der Waals surface area contributed by atoms with E-state index >= 15 is 4.39 Å². The number of ketones is 1. The van der Waals surface area contributed by atoms with Crippen molar-refractivity contribution in [1.29, 1.82) is 5.26 Å². The Hall–Kier alpha value is -3.95. The predicted molar refractivity (Wildman–Crippen MR) is 129 cm³/mol. The Labute approximate surface area is 221 Å². The summed E-state index contributed by atoms with van der Waals surface area (Å²) in [6.45, 7) is 7.62. The Bertz CT molecular complexity index is 1360. The van der Waals surface area contributed by atoms with Gasteiger partial charge in [0.15, 0.2) is 12.0 Å². The van der Waals surface area contributed by atoms with Gasteiger partial charge in [0.2, 0.25) is 12.0 Å². The van der Waals surface area contributed by atoms with Crippen molar-refractivity contribution in [3.8, 4) is 6.07 Å². The third kappa shape index (κ3) is 6.74. The number of aliphatic imine (C=N–C) groups is 1. The van der Waals surface area contributed by atoms with Gasteiger partial charge in [-0.3, -0.25) is 24.9 Å². The Kier molecular flexibility index (Phi) is 8.10. The summed E-state index contributed by atoms with van der Waals surface area (Å²) in [6, 6.07) is 4.38. The SMILES string of the molecule is Cc1cc(C#N)cnc1C(=O)Cc1ccc(F)c([C@@]2(C)N=C(NC(=O)CC(C)(C)C)O[C@H](C(F)(F)F)[C@@H]2F)n1. The Morgan fingerprint density at radius 3 is 2.46 bits per heavy atom. The molecule has 2 aromatic rings. The minimum atomic E-state index is -5.24. The molecule has 0 aromatic carbocycles. The second-order valence-corrected chi connectivity index (χ2v) is 10.6. The lowest BCUT2D eigenvalue weighted by molar-refractivity contribution is -0.228. The van der Waals surface area contributed by atoms with Crippen molar-refractivity contribution >= 4 is 17.7 Å². The number of amidine groups is 1. The first-order chi connectivity index (χ1) is 17.9. The van der Waals surface area contributed by atoms with Crippen LogP contribution in [0, 0.1) is 29.5 Å². The van der Waals surface area contributed by atoms with Gasteiger partial charge in [0.1, 0.15) is 28.8 Å². The molecule has 1 aliphatic heterocycles. The van der Waals surface area contributed by atoms with Crippen LogP contribution in [0.3, 0.4) is 0 Å². The largest absolute Gasteiger partial charge is 0.449 e. The number of rotatable bonds is 5. The van der Waals surface area contributed by atoms with E-state index in [0.717, 1.165) is 19.1 Å². The van der Waals surface area contributed by atoms with Gasteiger partial charge >= 0.3 is 6.18 Å². The third-order valence-electron chi connectivity index (χ3n) is 5.83. The summed E-state index contributed by atoms with van der Waals surface area (Å²) in [6.07, 6.45) is -10.6. The monoisotopic (exact) mass is 551 g/mol. The average Bonchev–Trinajstić information content (AvgIpc) is 2.80. The van der Waals surface area contributed by atoms with Crippen molar-refractivity contribution < 1.29 is 36.3 Å². The van der Waals surface area contributed by atoms with Crippen molar-refractivity contribution in [2.75, 3.05) is 0 Å². The van der Waals surface area contributed by atoms with Crippen molar-refractivity contribution in [3.63, 3.8) is 0 Å². The van der Waals surface area contributed by atoms with E-state index in [1.165, 1.54) is 12.3 Å². The number of alkyl halides is 4. The van der Waals surface area contributed by atoms with E-state index in [4.69, 9.17) is 5.26 Å². The lowest BCUT2D eigenvalue weighted by Gasteiger charge is -2.39. The summed E-state index contributed by atoms with van der Waals surface area (Å²) in [5.41, 5.74) is -3.35. The second-order valence-electron chi connectivity index (χ2n) is 10.6. The summed E-state index contributed by atoms with van der Waals surface area (Å²) in [4.78, 5) is 37.0. The fraction of sp³-hybridized carbons (Fsp3) is 0.462. The maximum Gasteiger partial charge on any atom is 0.428 e. The van der Waals surface area contributed by atoms with E-state index in [1.54, 1.807) is 27.7 Å². The molecule has 0 saturated heterocycles. The third-order valence-corrected chi connectivity index (χ3v) is 5.83. The van der Waals surface area contributed by atoms with Gasteiger partial charge in [-0.2, -0.15) is 18.4 Å². The van der Waals surface area contributed by atoms with Gasteiger partial charge in [-0.05, 0) is 43.0 Å². The van der Waals surface area contributed by atoms with Crippen LogP contribution in [-0.4, -0.2) is 46.1 Å². The molecule has 3 heterocycles. The number of carbonyl (C=O) groups excluding carboxylic acids is 2. The van der Waals surface area contributed by atoms with Crippen LogP contribution in [0.5, 0.6) is 0 Å². The van der Waals surface area contributed by atoms with Gasteiger partial charge in [0, 0.05) is 18.3 Å². The molecule has 0 radical (unpaired) electrons. The van der Waals surface area contributed by atoms with Crippen molar-refractivity contribution in [3.05, 3.63) is 58.4 Å². The molecule has 3 rings (SSSR count). The number of hydrogen-bond donors (Lipinski definition) is 1. The van der Waals surface area contributed by atoms with E-state index in [2.05, 4.69) is 25.0 Å². The standard InChI is InChI=1S/C26H26F5N5O3/c1-13-8-14(11-32)12-33-19(13)17(37)9-15-6-7-16(27)21(34-15)25(5)20(28)22(26(29,30)31)39-23(36-25)35-18(38)10-24(2,3)4/h6-8,12,20,22H,9-10H2,1-5H3,(H,35,36,38)/t20-,22-,25-/m0/s1. The van der Waals surface area contributed by atoms with Crippen molar-refractivity contribution in [1.82, 2.24) is 15.3 Å². The molecule has 0 unspecified atom stereocenters. The maximum absolute atomic E-state index is 15.4. The molecule has 3 atom stereocenters. The number of pyridine rings is 2. The smallest absolute Gasteiger partial charge is 0.428 e. The molecule has 0 bridgehead atoms. The molecule has 2 aromatic heterocycles. The number of amides is 1. The van der Waals surface area contributed by atoms with Gasteiger partial charge in [0.25, 0.3) is 6.02 Å². The molecule has 0 aliphatic carbocycles. The van der Waals surface area contributed by atoms with E-state index < -0.39 is 65.0 Å². The van der Waals surface area contributed by atoms with Gasteiger partial charge in [-0.15, -0.1) is 0 Å². The van der Waals surface area contributed by atoms with E-state index in [1.807, 2.05) is 6.07 Å². The predicted octanol–water partition coefficient (Wildman–Crippen LogP) is 4.64. The number of nitriles is 1. The summed E-state index contributed by atoms with van der Waals surface area (Å²) in [7, 11) is 0.